The van der Waals surface area contributed by atoms with E-state index in [-0.39, 0.29) is 6.61 Å². The minimum Gasteiger partial charge on any atom is -0.481 e. The first-order valence-corrected chi connectivity index (χ1v) is 9.25. The predicted molar refractivity (Wildman–Crippen MR) is 118 cm³/mol. The highest BCUT2D eigenvalue weighted by Gasteiger charge is 2.11. The van der Waals surface area contributed by atoms with E-state index in [0.29, 0.717) is 17.1 Å². The lowest BCUT2D eigenvalue weighted by Crippen LogP contribution is -2.10. The van der Waals surface area contributed by atoms with Crippen molar-refractivity contribution in [2.24, 2.45) is 5.73 Å². The fourth-order valence-electron chi connectivity index (χ4n) is 3.10. The lowest BCUT2D eigenvalue weighted by Gasteiger charge is -2.12. The number of hydrogen-bond acceptors (Lipinski definition) is 5. The SMILES string of the molecule is C#CCOc1ccc(-c2nnc(Nc3ccc(C(N)=O)cc3)c3ccccc23)cc1. The van der Waals surface area contributed by atoms with Crippen molar-refractivity contribution in [1.29, 1.82) is 0 Å². The number of fused-ring (bicyclic) bond motifs is 1. The summed E-state index contributed by atoms with van der Waals surface area (Å²) < 4.78 is 5.43. The van der Waals surface area contributed by atoms with Gasteiger partial charge in [-0.05, 0) is 48.5 Å². The molecule has 4 aromatic rings. The molecule has 0 bridgehead atoms. The Hall–Kier alpha value is -4.37. The summed E-state index contributed by atoms with van der Waals surface area (Å²) in [5.41, 5.74) is 8.21. The van der Waals surface area contributed by atoms with E-state index in [0.717, 1.165) is 27.7 Å². The van der Waals surface area contributed by atoms with Gasteiger partial charge in [0.15, 0.2) is 5.82 Å². The quantitative estimate of drug-likeness (QED) is 0.480. The summed E-state index contributed by atoms with van der Waals surface area (Å²) >= 11 is 0. The summed E-state index contributed by atoms with van der Waals surface area (Å²) in [7, 11) is 0. The van der Waals surface area contributed by atoms with Crippen molar-refractivity contribution in [2.75, 3.05) is 11.9 Å². The Kier molecular flexibility index (Phi) is 5.27. The molecule has 0 aliphatic heterocycles. The number of rotatable bonds is 6. The van der Waals surface area contributed by atoms with Crippen molar-refractivity contribution in [2.45, 2.75) is 0 Å². The van der Waals surface area contributed by atoms with Gasteiger partial charge in [-0.2, -0.15) is 0 Å². The molecule has 1 heterocycles. The molecular weight excluding hydrogens is 376 g/mol. The summed E-state index contributed by atoms with van der Waals surface area (Å²) in [5.74, 6) is 3.30. The third kappa shape index (κ3) is 3.91. The van der Waals surface area contributed by atoms with Crippen LogP contribution in [0.25, 0.3) is 22.0 Å². The van der Waals surface area contributed by atoms with E-state index in [4.69, 9.17) is 16.9 Å². The molecule has 0 saturated heterocycles. The van der Waals surface area contributed by atoms with Crippen LogP contribution in [-0.4, -0.2) is 22.7 Å². The molecule has 6 heteroatoms. The molecule has 0 aliphatic rings. The van der Waals surface area contributed by atoms with Gasteiger partial charge >= 0.3 is 0 Å². The molecule has 0 unspecified atom stereocenters. The zero-order valence-corrected chi connectivity index (χ0v) is 16.0. The second-order valence-electron chi connectivity index (χ2n) is 6.53. The number of ether oxygens (including phenoxy) is 1. The molecule has 1 amide bonds. The van der Waals surface area contributed by atoms with E-state index in [1.807, 2.05) is 48.5 Å². The number of primary amides is 1. The van der Waals surface area contributed by atoms with Crippen LogP contribution in [0.2, 0.25) is 0 Å². The molecule has 3 N–H and O–H groups in total. The Morgan fingerprint density at radius 2 is 1.67 bits per heavy atom. The second-order valence-corrected chi connectivity index (χ2v) is 6.53. The highest BCUT2D eigenvalue weighted by molar-refractivity contribution is 6.01. The Bertz CT molecular complexity index is 1240. The van der Waals surface area contributed by atoms with Gasteiger partial charge in [0.05, 0.1) is 0 Å². The number of terminal acetylenes is 1. The standard InChI is InChI=1S/C24H18N4O2/c1-2-15-30-19-13-9-16(10-14-19)22-20-5-3-4-6-21(20)24(28-27-22)26-18-11-7-17(8-12-18)23(25)29/h1,3-14H,15H2,(H2,25,29)(H,26,28). The molecule has 6 nitrogen and oxygen atoms in total. The number of carbonyl (C=O) groups is 1. The van der Waals surface area contributed by atoms with Gasteiger partial charge in [0.25, 0.3) is 0 Å². The summed E-state index contributed by atoms with van der Waals surface area (Å²) in [6, 6.07) is 22.4. The van der Waals surface area contributed by atoms with Crippen molar-refractivity contribution < 1.29 is 9.53 Å². The number of benzene rings is 3. The molecule has 0 atom stereocenters. The average Bonchev–Trinajstić information content (AvgIpc) is 2.79. The molecule has 30 heavy (non-hydrogen) atoms. The summed E-state index contributed by atoms with van der Waals surface area (Å²) in [4.78, 5) is 11.3. The Morgan fingerprint density at radius 3 is 2.33 bits per heavy atom. The molecule has 1 aromatic heterocycles. The summed E-state index contributed by atoms with van der Waals surface area (Å²) in [5, 5.41) is 14.0. The minimum absolute atomic E-state index is 0.225. The van der Waals surface area contributed by atoms with Gasteiger partial charge in [-0.3, -0.25) is 4.79 Å². The van der Waals surface area contributed by atoms with Gasteiger partial charge in [0.2, 0.25) is 5.91 Å². The van der Waals surface area contributed by atoms with Crippen LogP contribution in [0.15, 0.2) is 72.8 Å². The fraction of sp³-hybridized carbons (Fsp3) is 0.0417. The number of nitrogens with one attached hydrogen (secondary N) is 1. The summed E-state index contributed by atoms with van der Waals surface area (Å²) in [6.45, 7) is 0.225. The van der Waals surface area contributed by atoms with E-state index in [2.05, 4.69) is 21.4 Å². The van der Waals surface area contributed by atoms with Gasteiger partial charge < -0.3 is 15.8 Å². The van der Waals surface area contributed by atoms with E-state index in [1.165, 1.54) is 0 Å². The van der Waals surface area contributed by atoms with Crippen LogP contribution < -0.4 is 15.8 Å². The van der Waals surface area contributed by atoms with Crippen LogP contribution in [0.4, 0.5) is 11.5 Å². The van der Waals surface area contributed by atoms with E-state index < -0.39 is 5.91 Å². The van der Waals surface area contributed by atoms with Crippen molar-refractivity contribution in [3.63, 3.8) is 0 Å². The molecule has 0 radical (unpaired) electrons. The zero-order valence-electron chi connectivity index (χ0n) is 16.0. The van der Waals surface area contributed by atoms with Crippen LogP contribution in [0.1, 0.15) is 10.4 Å². The topological polar surface area (TPSA) is 90.1 Å². The van der Waals surface area contributed by atoms with E-state index in [9.17, 15) is 4.79 Å². The molecule has 0 saturated carbocycles. The fourth-order valence-corrected chi connectivity index (χ4v) is 3.10. The van der Waals surface area contributed by atoms with Crippen LogP contribution in [0.5, 0.6) is 5.75 Å². The van der Waals surface area contributed by atoms with Gasteiger partial charge in [0.1, 0.15) is 18.1 Å². The molecule has 4 rings (SSSR count). The largest absolute Gasteiger partial charge is 0.481 e. The molecule has 0 aliphatic carbocycles. The molecule has 3 aromatic carbocycles. The Balaban J connectivity index is 1.68. The van der Waals surface area contributed by atoms with Crippen LogP contribution >= 0.6 is 0 Å². The van der Waals surface area contributed by atoms with Gasteiger partial charge in [-0.25, -0.2) is 0 Å². The molecule has 0 fully saturated rings. The number of amides is 1. The first kappa shape index (κ1) is 19.0. The third-order valence-corrected chi connectivity index (χ3v) is 4.57. The molecule has 146 valence electrons. The maximum Gasteiger partial charge on any atom is 0.248 e. The maximum atomic E-state index is 11.3. The lowest BCUT2D eigenvalue weighted by atomic mass is 10.0. The number of nitrogens with zero attached hydrogens (tertiary/aromatic N) is 2. The number of hydrogen-bond donors (Lipinski definition) is 2. The van der Waals surface area contributed by atoms with Crippen LogP contribution in [0, 0.1) is 12.3 Å². The summed E-state index contributed by atoms with van der Waals surface area (Å²) in [6.07, 6.45) is 5.23. The lowest BCUT2D eigenvalue weighted by molar-refractivity contribution is 0.100. The normalized spacial score (nSPS) is 10.4. The highest BCUT2D eigenvalue weighted by atomic mass is 16.5. The van der Waals surface area contributed by atoms with Crippen LogP contribution in [-0.2, 0) is 0 Å². The van der Waals surface area contributed by atoms with E-state index in [1.54, 1.807) is 24.3 Å². The predicted octanol–water partition coefficient (Wildman–Crippen LogP) is 4.15. The number of nitrogens with two attached hydrogens (primary N) is 1. The first-order valence-electron chi connectivity index (χ1n) is 9.25. The van der Waals surface area contributed by atoms with E-state index >= 15 is 0 Å². The highest BCUT2D eigenvalue weighted by Crippen LogP contribution is 2.31. The van der Waals surface area contributed by atoms with Gasteiger partial charge in [-0.1, -0.05) is 30.2 Å². The minimum atomic E-state index is -0.466. The maximum absolute atomic E-state index is 11.3. The number of carbonyl (C=O) groups excluding carboxylic acids is 1. The van der Waals surface area contributed by atoms with Crippen LogP contribution in [0.3, 0.4) is 0 Å². The van der Waals surface area contributed by atoms with Crippen molar-refractivity contribution in [3.8, 4) is 29.4 Å². The van der Waals surface area contributed by atoms with Gasteiger partial charge in [0, 0.05) is 27.6 Å². The van der Waals surface area contributed by atoms with Gasteiger partial charge in [-0.15, -0.1) is 16.6 Å². The first-order chi connectivity index (χ1) is 14.7. The van der Waals surface area contributed by atoms with Crippen molar-refractivity contribution in [1.82, 2.24) is 10.2 Å². The monoisotopic (exact) mass is 394 g/mol. The number of aromatic nitrogens is 2. The smallest absolute Gasteiger partial charge is 0.248 e. The average molecular weight is 394 g/mol. The molecule has 0 spiro atoms. The Morgan fingerprint density at radius 1 is 0.967 bits per heavy atom. The van der Waals surface area contributed by atoms with Crippen molar-refractivity contribution >= 4 is 28.2 Å². The molecular formula is C24H18N4O2. The van der Waals surface area contributed by atoms with Crippen molar-refractivity contribution in [3.05, 3.63) is 78.4 Å². The second kappa shape index (κ2) is 8.33. The number of anilines is 2. The zero-order chi connectivity index (χ0) is 20.9. The third-order valence-electron chi connectivity index (χ3n) is 4.57. The Labute approximate surface area is 173 Å².